The smallest absolute Gasteiger partial charge is 0.272 e. The molecule has 1 amide bonds. The van der Waals surface area contributed by atoms with Gasteiger partial charge in [-0.2, -0.15) is 0 Å². The summed E-state index contributed by atoms with van der Waals surface area (Å²) in [7, 11) is 3.37. The zero-order valence-corrected chi connectivity index (χ0v) is 17.5. The first-order valence-corrected chi connectivity index (χ1v) is 9.78. The molecule has 1 aromatic heterocycles. The van der Waals surface area contributed by atoms with Gasteiger partial charge in [-0.15, -0.1) is 0 Å². The van der Waals surface area contributed by atoms with Crippen molar-refractivity contribution in [2.75, 3.05) is 45.2 Å². The number of hydrogen-bond donors (Lipinski definition) is 1. The number of rotatable bonds is 5. The summed E-state index contributed by atoms with van der Waals surface area (Å²) in [4.78, 5) is 37.5. The monoisotopic (exact) mass is 413 g/mol. The first kappa shape index (κ1) is 20.8. The molecule has 3 rings (SSSR count). The molecule has 152 valence electrons. The molecule has 8 heteroatoms. The number of carbonyl (C=O) groups excluding carboxylic acids is 2. The highest BCUT2D eigenvalue weighted by Crippen LogP contribution is 2.35. The van der Waals surface area contributed by atoms with E-state index >= 15 is 0 Å². The number of amides is 1. The second-order valence-corrected chi connectivity index (χ2v) is 7.13. The van der Waals surface area contributed by atoms with Gasteiger partial charge in [-0.05, 0) is 37.4 Å². The van der Waals surface area contributed by atoms with Crippen LogP contribution in [0.25, 0.3) is 10.9 Å². The predicted octanol–water partition coefficient (Wildman–Crippen LogP) is 2.54. The van der Waals surface area contributed by atoms with Crippen LogP contribution in [0.1, 0.15) is 17.3 Å². The van der Waals surface area contributed by atoms with Gasteiger partial charge in [0.05, 0.1) is 16.2 Å². The molecule has 1 fully saturated rings. The highest BCUT2D eigenvalue weighted by molar-refractivity contribution is 6.43. The summed E-state index contributed by atoms with van der Waals surface area (Å²) < 4.78 is 0. The number of Topliss-reactive ketones (excluding diaryl/α,β-unsaturated/α-hetero) is 1. The topological polar surface area (TPSA) is 77.9 Å². The average Bonchev–Trinajstić information content (AvgIpc) is 2.74. The zero-order valence-electron chi connectivity index (χ0n) is 16.8. The van der Waals surface area contributed by atoms with Gasteiger partial charge in [-0.3, -0.25) is 19.6 Å². The van der Waals surface area contributed by atoms with E-state index in [1.165, 1.54) is 6.92 Å². The number of hydrogen-bond acceptors (Lipinski definition) is 6. The van der Waals surface area contributed by atoms with Crippen LogP contribution >= 0.6 is 11.6 Å². The Morgan fingerprint density at radius 2 is 2.00 bits per heavy atom. The Kier molecular flexibility index (Phi) is 6.49. The predicted molar refractivity (Wildman–Crippen MR) is 117 cm³/mol. The molecule has 1 aliphatic heterocycles. The van der Waals surface area contributed by atoms with Crippen LogP contribution in [0.4, 0.5) is 5.69 Å². The summed E-state index contributed by atoms with van der Waals surface area (Å²) in [5, 5.41) is 4.19. The summed E-state index contributed by atoms with van der Waals surface area (Å²) in [6, 6.07) is 5.44. The van der Waals surface area contributed by atoms with E-state index in [0.29, 0.717) is 48.0 Å². The first-order valence-electron chi connectivity index (χ1n) is 9.41. The number of nitrogens with zero attached hydrogens (tertiary/aromatic N) is 4. The third-order valence-electron chi connectivity index (χ3n) is 4.95. The third kappa shape index (κ3) is 4.24. The minimum absolute atomic E-state index is 0.0643. The van der Waals surface area contributed by atoms with Gasteiger partial charge in [-0.1, -0.05) is 11.6 Å². The Balaban J connectivity index is 1.88. The number of ketones is 1. The van der Waals surface area contributed by atoms with Crippen molar-refractivity contribution in [1.82, 2.24) is 15.2 Å². The Morgan fingerprint density at radius 1 is 1.28 bits per heavy atom. The summed E-state index contributed by atoms with van der Waals surface area (Å²) in [5.74, 6) is -0.171. The van der Waals surface area contributed by atoms with E-state index in [2.05, 4.69) is 20.2 Å². The van der Waals surface area contributed by atoms with Gasteiger partial charge in [0.1, 0.15) is 5.71 Å². The number of pyridine rings is 1. The molecule has 1 saturated heterocycles. The number of nitrogens with one attached hydrogen (secondary N) is 1. The van der Waals surface area contributed by atoms with Crippen LogP contribution in [-0.2, 0) is 4.79 Å². The van der Waals surface area contributed by atoms with Gasteiger partial charge < -0.3 is 15.1 Å². The number of benzene rings is 1. The molecule has 0 spiro atoms. The van der Waals surface area contributed by atoms with Gasteiger partial charge in [0.15, 0.2) is 5.78 Å². The normalized spacial score (nSPS) is 15.2. The lowest BCUT2D eigenvalue weighted by Gasteiger charge is -2.37. The van der Waals surface area contributed by atoms with Crippen LogP contribution in [-0.4, -0.2) is 67.6 Å². The minimum atomic E-state index is -0.107. The molecule has 1 aromatic carbocycles. The molecule has 0 saturated carbocycles. The zero-order chi connectivity index (χ0) is 21.0. The molecule has 0 aliphatic carbocycles. The molecular formula is C21H24ClN5O2. The molecular weight excluding hydrogens is 390 g/mol. The number of piperazine rings is 1. The van der Waals surface area contributed by atoms with Crippen molar-refractivity contribution < 1.29 is 9.59 Å². The maximum atomic E-state index is 12.7. The molecule has 1 N–H and O–H groups in total. The fourth-order valence-electron chi connectivity index (χ4n) is 3.47. The number of aliphatic imine (C=N–C) groups is 1. The molecule has 0 unspecified atom stereocenters. The van der Waals surface area contributed by atoms with Gasteiger partial charge in [0, 0.05) is 57.4 Å². The maximum Gasteiger partial charge on any atom is 0.272 e. The van der Waals surface area contributed by atoms with E-state index in [0.717, 1.165) is 11.1 Å². The largest absolute Gasteiger partial charge is 0.394 e. The maximum absolute atomic E-state index is 12.7. The molecule has 2 aromatic rings. The van der Waals surface area contributed by atoms with Crippen LogP contribution in [0.15, 0.2) is 41.7 Å². The van der Waals surface area contributed by atoms with Gasteiger partial charge in [0.25, 0.3) is 5.91 Å². The van der Waals surface area contributed by atoms with E-state index in [4.69, 9.17) is 11.6 Å². The highest BCUT2D eigenvalue weighted by atomic mass is 35.5. The van der Waals surface area contributed by atoms with Crippen LogP contribution in [0.3, 0.4) is 0 Å². The molecule has 7 nitrogen and oxygen atoms in total. The standard InChI is InChI=1S/C21H24ClN5O2/c1-14(28)16-13-17(22)15-5-4-7-25-19(15)20(16)26-9-11-27(12-10-26)21(29)18(24-3)6-8-23-2/h4-8,13,23H,9-12H2,1-3H3/b8-6-,24-18+. The van der Waals surface area contributed by atoms with Crippen molar-refractivity contribution in [1.29, 1.82) is 0 Å². The van der Waals surface area contributed by atoms with Crippen molar-refractivity contribution in [2.45, 2.75) is 6.92 Å². The second-order valence-electron chi connectivity index (χ2n) is 6.72. The van der Waals surface area contributed by atoms with Crippen LogP contribution in [0, 0.1) is 0 Å². The van der Waals surface area contributed by atoms with Gasteiger partial charge >= 0.3 is 0 Å². The van der Waals surface area contributed by atoms with E-state index in [1.54, 1.807) is 43.5 Å². The number of halogens is 1. The number of anilines is 1. The molecule has 29 heavy (non-hydrogen) atoms. The Labute approximate surface area is 175 Å². The Hall–Kier alpha value is -2.93. The highest BCUT2D eigenvalue weighted by Gasteiger charge is 2.27. The third-order valence-corrected chi connectivity index (χ3v) is 5.26. The number of fused-ring (bicyclic) bond motifs is 1. The lowest BCUT2D eigenvalue weighted by atomic mass is 10.0. The second kappa shape index (κ2) is 9.05. The van der Waals surface area contributed by atoms with Gasteiger partial charge in [-0.25, -0.2) is 0 Å². The van der Waals surface area contributed by atoms with Crippen molar-refractivity contribution in [3.8, 4) is 0 Å². The SMILES string of the molecule is C/N=C(\C=C/NC)C(=O)N1CCN(c2c(C(C)=O)cc(Cl)c3cccnc23)CC1. The van der Waals surface area contributed by atoms with Gasteiger partial charge in [0.2, 0.25) is 0 Å². The summed E-state index contributed by atoms with van der Waals surface area (Å²) in [6.45, 7) is 3.76. The number of aromatic nitrogens is 1. The molecule has 1 aliphatic rings. The van der Waals surface area contributed by atoms with Crippen molar-refractivity contribution >= 4 is 45.6 Å². The molecule has 0 radical (unpaired) electrons. The minimum Gasteiger partial charge on any atom is -0.394 e. The van der Waals surface area contributed by atoms with E-state index in [1.807, 2.05) is 12.1 Å². The van der Waals surface area contributed by atoms with E-state index in [-0.39, 0.29) is 11.7 Å². The van der Waals surface area contributed by atoms with E-state index < -0.39 is 0 Å². The average molecular weight is 414 g/mol. The fourth-order valence-corrected chi connectivity index (χ4v) is 3.74. The summed E-state index contributed by atoms with van der Waals surface area (Å²) in [5.41, 5.74) is 2.44. The molecule has 0 atom stereocenters. The van der Waals surface area contributed by atoms with Crippen LogP contribution in [0.2, 0.25) is 5.02 Å². The first-order chi connectivity index (χ1) is 14.0. The summed E-state index contributed by atoms with van der Waals surface area (Å²) in [6.07, 6.45) is 5.05. The molecule has 2 heterocycles. The number of carbonyl (C=O) groups is 2. The van der Waals surface area contributed by atoms with E-state index in [9.17, 15) is 9.59 Å². The summed E-state index contributed by atoms with van der Waals surface area (Å²) >= 11 is 6.39. The lowest BCUT2D eigenvalue weighted by Crippen LogP contribution is -2.50. The Bertz CT molecular complexity index is 994. The van der Waals surface area contributed by atoms with Crippen LogP contribution in [0.5, 0.6) is 0 Å². The quantitative estimate of drug-likeness (QED) is 0.602. The van der Waals surface area contributed by atoms with Crippen LogP contribution < -0.4 is 10.2 Å². The van der Waals surface area contributed by atoms with Crippen molar-refractivity contribution in [3.05, 3.63) is 47.3 Å². The Morgan fingerprint density at radius 3 is 2.62 bits per heavy atom. The molecule has 0 bridgehead atoms. The lowest BCUT2D eigenvalue weighted by molar-refractivity contribution is -0.124. The van der Waals surface area contributed by atoms with Crippen molar-refractivity contribution in [3.63, 3.8) is 0 Å². The fraction of sp³-hybridized carbons (Fsp3) is 0.333. The van der Waals surface area contributed by atoms with Crippen molar-refractivity contribution in [2.24, 2.45) is 4.99 Å².